The van der Waals surface area contributed by atoms with Crippen LogP contribution in [0.4, 0.5) is 10.1 Å². The van der Waals surface area contributed by atoms with Crippen molar-refractivity contribution in [2.24, 2.45) is 0 Å². The minimum absolute atomic E-state index is 0.117. The van der Waals surface area contributed by atoms with E-state index < -0.39 is 0 Å². The highest BCUT2D eigenvalue weighted by Crippen LogP contribution is 2.27. The highest BCUT2D eigenvalue weighted by atomic mass is 32.1. The van der Waals surface area contributed by atoms with Crippen molar-refractivity contribution in [3.8, 4) is 0 Å². The van der Waals surface area contributed by atoms with E-state index in [4.69, 9.17) is 0 Å². The molecule has 3 rings (SSSR count). The number of para-hydroxylation sites is 1. The summed E-state index contributed by atoms with van der Waals surface area (Å²) in [5.74, 6) is 0.222. The van der Waals surface area contributed by atoms with Gasteiger partial charge in [0.1, 0.15) is 5.82 Å². The van der Waals surface area contributed by atoms with Gasteiger partial charge >= 0.3 is 0 Å². The van der Waals surface area contributed by atoms with Gasteiger partial charge in [-0.1, -0.05) is 55.7 Å². The zero-order valence-corrected chi connectivity index (χ0v) is 14.7. The summed E-state index contributed by atoms with van der Waals surface area (Å²) in [6.07, 6.45) is 6.00. The molecule has 1 aliphatic carbocycles. The Kier molecular flexibility index (Phi) is 7.83. The number of anilines is 1. The third kappa shape index (κ3) is 5.68. The largest absolute Gasteiger partial charge is 0.309 e. The molecule has 0 heterocycles. The van der Waals surface area contributed by atoms with Crippen molar-refractivity contribution in [3.05, 3.63) is 66.5 Å². The number of thiol groups is 1. The van der Waals surface area contributed by atoms with Crippen molar-refractivity contribution in [2.75, 3.05) is 10.7 Å². The molecule has 1 aliphatic rings. The Labute approximate surface area is 149 Å². The van der Waals surface area contributed by atoms with Crippen LogP contribution in [0.5, 0.6) is 0 Å². The Hall–Kier alpha value is -1.81. The van der Waals surface area contributed by atoms with Crippen LogP contribution >= 0.6 is 12.6 Å². The van der Waals surface area contributed by atoms with Gasteiger partial charge in [0.15, 0.2) is 0 Å². The summed E-state index contributed by atoms with van der Waals surface area (Å²) in [6.45, 7) is 0. The summed E-state index contributed by atoms with van der Waals surface area (Å²) >= 11 is 4.13. The first-order chi connectivity index (χ1) is 11.7. The second-order valence-corrected chi connectivity index (χ2v) is 6.16. The number of amides is 1. The second kappa shape index (κ2) is 10.1. The monoisotopic (exact) mass is 345 g/mol. The SMILES string of the molecule is Fc1ccccc1.O=C(CS)N(c1ccccc1)C1CCCCC1. The third-order valence-corrected chi connectivity index (χ3v) is 4.38. The topological polar surface area (TPSA) is 20.3 Å². The smallest absolute Gasteiger partial charge is 0.236 e. The Morgan fingerprint density at radius 2 is 1.50 bits per heavy atom. The van der Waals surface area contributed by atoms with Gasteiger partial charge in [0.2, 0.25) is 5.91 Å². The lowest BCUT2D eigenvalue weighted by atomic mass is 9.93. The zero-order valence-electron chi connectivity index (χ0n) is 13.8. The molecule has 128 valence electrons. The van der Waals surface area contributed by atoms with Gasteiger partial charge in [0, 0.05) is 11.7 Å². The van der Waals surface area contributed by atoms with Crippen LogP contribution in [0.2, 0.25) is 0 Å². The molecule has 2 nitrogen and oxygen atoms in total. The number of rotatable bonds is 3. The summed E-state index contributed by atoms with van der Waals surface area (Å²) < 4.78 is 11.9. The minimum Gasteiger partial charge on any atom is -0.309 e. The zero-order chi connectivity index (χ0) is 17.2. The van der Waals surface area contributed by atoms with Gasteiger partial charge in [0.25, 0.3) is 0 Å². The van der Waals surface area contributed by atoms with Gasteiger partial charge in [-0.05, 0) is 37.1 Å². The number of halogens is 1. The standard InChI is InChI=1S/C14H19NOS.C6H5F/c16-14(11-17)15(12-7-3-1-4-8-12)13-9-5-2-6-10-13;7-6-4-2-1-3-5-6/h1,3-4,7-8,13,17H,2,5-6,9-11H2;1-5H. The maximum atomic E-state index is 12.1. The Bertz CT molecular complexity index is 600. The van der Waals surface area contributed by atoms with Gasteiger partial charge < -0.3 is 4.90 Å². The molecule has 2 aromatic carbocycles. The summed E-state index contributed by atoms with van der Waals surface area (Å²) in [4.78, 5) is 14.0. The summed E-state index contributed by atoms with van der Waals surface area (Å²) in [7, 11) is 0. The van der Waals surface area contributed by atoms with Crippen molar-refractivity contribution in [2.45, 2.75) is 38.1 Å². The molecule has 1 fully saturated rings. The maximum absolute atomic E-state index is 12.1. The van der Waals surface area contributed by atoms with Crippen LogP contribution in [0.3, 0.4) is 0 Å². The van der Waals surface area contributed by atoms with E-state index in [1.54, 1.807) is 18.2 Å². The molecule has 1 amide bonds. The predicted molar refractivity (Wildman–Crippen MR) is 101 cm³/mol. The molecule has 0 atom stereocenters. The van der Waals surface area contributed by atoms with Crippen LogP contribution in [0.15, 0.2) is 60.7 Å². The van der Waals surface area contributed by atoms with E-state index in [1.807, 2.05) is 35.2 Å². The van der Waals surface area contributed by atoms with Crippen molar-refractivity contribution in [1.82, 2.24) is 0 Å². The van der Waals surface area contributed by atoms with Crippen LogP contribution in [-0.2, 0) is 4.79 Å². The molecule has 0 aliphatic heterocycles. The predicted octanol–water partition coefficient (Wildman–Crippen LogP) is 5.11. The fraction of sp³-hybridized carbons (Fsp3) is 0.350. The fourth-order valence-corrected chi connectivity index (χ4v) is 3.13. The molecular formula is C20H24FNOS. The Morgan fingerprint density at radius 3 is 1.96 bits per heavy atom. The van der Waals surface area contributed by atoms with Crippen LogP contribution in [-0.4, -0.2) is 17.7 Å². The van der Waals surface area contributed by atoms with Crippen LogP contribution in [0, 0.1) is 5.82 Å². The van der Waals surface area contributed by atoms with E-state index in [9.17, 15) is 9.18 Å². The normalized spacial score (nSPS) is 14.4. The lowest BCUT2D eigenvalue weighted by molar-refractivity contribution is -0.116. The number of carbonyl (C=O) groups is 1. The molecular weight excluding hydrogens is 321 g/mol. The molecule has 2 aromatic rings. The van der Waals surface area contributed by atoms with Crippen molar-refractivity contribution < 1.29 is 9.18 Å². The molecule has 0 bridgehead atoms. The van der Waals surface area contributed by atoms with Crippen LogP contribution < -0.4 is 4.90 Å². The highest BCUT2D eigenvalue weighted by Gasteiger charge is 2.25. The first-order valence-electron chi connectivity index (χ1n) is 8.41. The van der Waals surface area contributed by atoms with E-state index >= 15 is 0 Å². The van der Waals surface area contributed by atoms with Crippen LogP contribution in [0.25, 0.3) is 0 Å². The van der Waals surface area contributed by atoms with E-state index in [0.717, 1.165) is 18.5 Å². The van der Waals surface area contributed by atoms with Gasteiger partial charge in [0.05, 0.1) is 5.75 Å². The van der Waals surface area contributed by atoms with E-state index in [2.05, 4.69) is 12.6 Å². The van der Waals surface area contributed by atoms with Crippen LogP contribution in [0.1, 0.15) is 32.1 Å². The van der Waals surface area contributed by atoms with Gasteiger partial charge in [-0.3, -0.25) is 4.79 Å². The van der Waals surface area contributed by atoms with Gasteiger partial charge in [-0.15, -0.1) is 0 Å². The summed E-state index contributed by atoms with van der Waals surface area (Å²) in [6, 6.07) is 18.3. The molecule has 24 heavy (non-hydrogen) atoms. The second-order valence-electron chi connectivity index (χ2n) is 5.84. The van der Waals surface area contributed by atoms with Gasteiger partial charge in [-0.25, -0.2) is 4.39 Å². The number of hydrogen-bond donors (Lipinski definition) is 1. The third-order valence-electron chi connectivity index (χ3n) is 4.11. The lowest BCUT2D eigenvalue weighted by Gasteiger charge is -2.34. The first kappa shape index (κ1) is 18.5. The molecule has 0 aromatic heterocycles. The molecule has 1 saturated carbocycles. The summed E-state index contributed by atoms with van der Waals surface area (Å²) in [5.41, 5.74) is 1.01. The van der Waals surface area contributed by atoms with E-state index in [0.29, 0.717) is 6.04 Å². The number of carbonyl (C=O) groups excluding carboxylic acids is 1. The lowest BCUT2D eigenvalue weighted by Crippen LogP contribution is -2.42. The van der Waals surface area contributed by atoms with E-state index in [1.165, 1.54) is 31.4 Å². The maximum Gasteiger partial charge on any atom is 0.236 e. The fourth-order valence-electron chi connectivity index (χ4n) is 2.98. The molecule has 0 radical (unpaired) electrons. The van der Waals surface area contributed by atoms with Gasteiger partial charge in [-0.2, -0.15) is 12.6 Å². The summed E-state index contributed by atoms with van der Waals surface area (Å²) in [5, 5.41) is 0. The number of hydrogen-bond acceptors (Lipinski definition) is 2. The molecule has 0 saturated heterocycles. The Balaban J connectivity index is 0.000000249. The molecule has 0 unspecified atom stereocenters. The van der Waals surface area contributed by atoms with Crippen molar-refractivity contribution in [3.63, 3.8) is 0 Å². The Morgan fingerprint density at radius 1 is 0.958 bits per heavy atom. The number of nitrogens with zero attached hydrogens (tertiary/aromatic N) is 1. The molecule has 0 spiro atoms. The van der Waals surface area contributed by atoms with Crippen molar-refractivity contribution >= 4 is 24.2 Å². The first-order valence-corrected chi connectivity index (χ1v) is 9.04. The quantitative estimate of drug-likeness (QED) is 0.767. The average Bonchev–Trinajstić information content (AvgIpc) is 2.65. The molecule has 4 heteroatoms. The highest BCUT2D eigenvalue weighted by molar-refractivity contribution is 7.81. The van der Waals surface area contributed by atoms with Crippen molar-refractivity contribution in [1.29, 1.82) is 0 Å². The number of benzene rings is 2. The van der Waals surface area contributed by atoms with E-state index in [-0.39, 0.29) is 17.5 Å². The minimum atomic E-state index is -0.178. The molecule has 0 N–H and O–H groups in total. The average molecular weight is 345 g/mol.